The van der Waals surface area contributed by atoms with Crippen LogP contribution in [0.5, 0.6) is 40.4 Å². The molecule has 4 aliphatic heterocycles. The second-order valence-electron chi connectivity index (χ2n) is 28.9. The Hall–Kier alpha value is -15.0. The van der Waals surface area contributed by atoms with Gasteiger partial charge in [-0.05, 0) is 151 Å². The number of methoxy groups -OCH3 is 4. The molecule has 5 aliphatic rings. The van der Waals surface area contributed by atoms with Gasteiger partial charge in [0.2, 0.25) is 23.2 Å². The highest BCUT2D eigenvalue weighted by Crippen LogP contribution is 2.57. The van der Waals surface area contributed by atoms with Gasteiger partial charge in [0.1, 0.15) is 74.2 Å². The summed E-state index contributed by atoms with van der Waals surface area (Å²) in [6.45, 7) is 6.43. The molecule has 14 aromatic rings. The lowest BCUT2D eigenvalue weighted by Crippen LogP contribution is -2.44. The fourth-order valence-electron chi connectivity index (χ4n) is 16.3. The first-order valence-corrected chi connectivity index (χ1v) is 38.2. The second kappa shape index (κ2) is 32.4. The number of ether oxygens (including phenoxy) is 4. The van der Waals surface area contributed by atoms with Crippen LogP contribution in [0.2, 0.25) is 5.02 Å². The molecule has 9 heterocycles. The number of fused-ring (bicyclic) bond motifs is 9. The molecule has 122 heavy (non-hydrogen) atoms. The van der Waals surface area contributed by atoms with E-state index in [4.69, 9.17) is 35.4 Å². The van der Waals surface area contributed by atoms with E-state index in [9.17, 15) is 67.1 Å². The maximum Gasteiger partial charge on any atom is 0.262 e. The Morgan fingerprint density at radius 1 is 0.516 bits per heavy atom. The predicted molar refractivity (Wildman–Crippen MR) is 441 cm³/mol. The van der Waals surface area contributed by atoms with Crippen molar-refractivity contribution in [3.63, 3.8) is 0 Å². The number of aliphatic hydroxyl groups is 1. The van der Waals surface area contributed by atoms with Gasteiger partial charge in [-0.1, -0.05) is 102 Å². The van der Waals surface area contributed by atoms with E-state index >= 15 is 0 Å². The first kappa shape index (κ1) is 80.7. The average Bonchev–Trinajstić information content (AvgIpc) is 1.54. The first-order chi connectivity index (χ1) is 58.8. The third-order valence-electron chi connectivity index (χ3n) is 22.0. The number of rotatable bonds is 15. The van der Waals surface area contributed by atoms with Gasteiger partial charge in [0.05, 0.1) is 92.6 Å². The number of aromatic nitrogens is 5. The summed E-state index contributed by atoms with van der Waals surface area (Å²) in [6, 6.07) is 51.8. The summed E-state index contributed by atoms with van der Waals surface area (Å²) >= 11 is 5.97. The molecule has 5 N–H and O–H groups in total. The maximum absolute atomic E-state index is 13.9. The van der Waals surface area contributed by atoms with Gasteiger partial charge in [0, 0.05) is 86.7 Å². The summed E-state index contributed by atoms with van der Waals surface area (Å²) in [4.78, 5) is 93.9. The highest BCUT2D eigenvalue weighted by Gasteiger charge is 2.60. The number of benzene rings is 9. The number of amides is 3. The summed E-state index contributed by atoms with van der Waals surface area (Å²) in [6.07, 6.45) is 5.97. The third kappa shape index (κ3) is 13.7. The normalized spacial score (nSPS) is 16.4. The highest BCUT2D eigenvalue weighted by atomic mass is 35.5. The fraction of sp³-hybridized carbons (Fsp3) is 0.140. The maximum atomic E-state index is 13.9. The minimum Gasteiger partial charge on any atom is -0.505 e. The van der Waals surface area contributed by atoms with Crippen LogP contribution in [0.4, 0.5) is 17.6 Å². The lowest BCUT2D eigenvalue weighted by Gasteiger charge is -2.35. The van der Waals surface area contributed by atoms with E-state index in [1.807, 2.05) is 6.92 Å². The molecule has 29 heteroatoms. The van der Waals surface area contributed by atoms with E-state index in [1.54, 1.807) is 170 Å². The molecular weight excluding hydrogens is 1590 g/mol. The monoisotopic (exact) mass is 1660 g/mol. The minimum atomic E-state index is -1.94. The van der Waals surface area contributed by atoms with Crippen molar-refractivity contribution in [2.45, 2.75) is 57.0 Å². The van der Waals surface area contributed by atoms with Gasteiger partial charge in [0.15, 0.2) is 23.0 Å². The van der Waals surface area contributed by atoms with E-state index in [-0.39, 0.29) is 146 Å². The van der Waals surface area contributed by atoms with Gasteiger partial charge < -0.3 is 58.8 Å². The largest absolute Gasteiger partial charge is 0.505 e. The lowest BCUT2D eigenvalue weighted by atomic mass is 9.90. The number of ketones is 2. The van der Waals surface area contributed by atoms with Crippen LogP contribution in [0.3, 0.4) is 0 Å². The van der Waals surface area contributed by atoms with Gasteiger partial charge >= 0.3 is 0 Å². The van der Waals surface area contributed by atoms with Crippen LogP contribution in [0.25, 0.3) is 45.0 Å². The van der Waals surface area contributed by atoms with Crippen molar-refractivity contribution >= 4 is 91.6 Å². The van der Waals surface area contributed by atoms with Crippen molar-refractivity contribution in [2.75, 3.05) is 28.4 Å². The summed E-state index contributed by atoms with van der Waals surface area (Å²) in [5.41, 5.74) is 2.90. The molecule has 3 amide bonds. The molecule has 612 valence electrons. The molecule has 0 saturated heterocycles. The second-order valence-corrected chi connectivity index (χ2v) is 29.3. The van der Waals surface area contributed by atoms with Crippen molar-refractivity contribution in [1.82, 2.24) is 39.2 Å². The fourth-order valence-corrected chi connectivity index (χ4v) is 16.4. The van der Waals surface area contributed by atoms with Gasteiger partial charge in [-0.25, -0.2) is 17.6 Å². The number of Topliss-reactive ketones (excluding diaryl/α,β-unsaturated/α-hetero) is 1. The van der Waals surface area contributed by atoms with E-state index in [0.29, 0.717) is 88.7 Å². The zero-order valence-electron chi connectivity index (χ0n) is 65.4. The molecule has 0 saturated carbocycles. The van der Waals surface area contributed by atoms with Gasteiger partial charge in [-0.2, -0.15) is 0 Å². The molecule has 0 radical (unpaired) electrons. The van der Waals surface area contributed by atoms with Crippen LogP contribution in [-0.2, 0) is 47.2 Å². The van der Waals surface area contributed by atoms with Crippen LogP contribution in [0.1, 0.15) is 127 Å². The van der Waals surface area contributed by atoms with E-state index < -0.39 is 40.7 Å². The molecule has 3 unspecified atom stereocenters. The zero-order valence-corrected chi connectivity index (χ0v) is 66.2. The van der Waals surface area contributed by atoms with E-state index in [2.05, 4.69) is 31.7 Å². The Morgan fingerprint density at radius 3 is 1.48 bits per heavy atom. The standard InChI is InChI=1S/C28H19ClFN3O5.C25H19FN2O4.C20H17FN2O3.C20H15FN2O3/c1-37-26-19-3-2-12-31-23(19)25(35)21-22(26)28(33(27(21)36)14-15-4-10-18(30)11-5-15)13-20(32-38-28)24(34)16-6-8-17(29)9-7-16;1-32-23-18-8-5-13-27-21(18)22(29)19-20(23)25(31,16-6-3-2-4-7-16)28(24(19)30)14-15-9-11-17(26)12-10-15;2*1-11-15-16(18(24)17-14(19(15)26-2)4-3-9-22-17)20(25)23(11)10-12-5-7-13(21)8-6-12/h2-12,35H,13-14H2,1H3;2-13,29,31H,14H2,1H3;3-9,11,24H,10H2,1-2H3;3-9,25H,1,10H2,2H3. The van der Waals surface area contributed by atoms with E-state index in [1.165, 1.54) is 103 Å². The highest BCUT2D eigenvalue weighted by molar-refractivity contribution is 6.46. The number of phenols is 3. The van der Waals surface area contributed by atoms with Crippen molar-refractivity contribution in [2.24, 2.45) is 5.16 Å². The van der Waals surface area contributed by atoms with Crippen LogP contribution in [-0.4, -0.2) is 128 Å². The lowest BCUT2D eigenvalue weighted by molar-refractivity contribution is -0.122. The number of carbonyl (C=O) groups is 5. The summed E-state index contributed by atoms with van der Waals surface area (Å²) < 4.78 is 77.3. The van der Waals surface area contributed by atoms with Crippen LogP contribution in [0, 0.1) is 23.3 Å². The Bertz CT molecular complexity index is 6770. The summed E-state index contributed by atoms with van der Waals surface area (Å²) in [5.74, 6) is -3.18. The van der Waals surface area contributed by atoms with E-state index in [0.717, 1.165) is 11.1 Å². The molecule has 1 spiro atoms. The number of nitrogens with zero attached hydrogens (tertiary/aromatic N) is 9. The van der Waals surface area contributed by atoms with Gasteiger partial charge in [0.25, 0.3) is 17.7 Å². The SMILES string of the molecule is C=c1c2c(c(O)n1Cc1ccc(F)cc1)C(=O)c1ncccc1C=2OC.COc1c2c(c(O)c3ncccc13)C(=O)N(Cc1ccc(F)cc1)C2(O)c1ccccc1.COc1c2c(c(O)c3ncccc13)C(=O)N(Cc1ccc(F)cc1)C21CC(C(=O)c2ccc(Cl)cc2)=NO1.COc1c2c(c(O)c3ncccc13)C(=O)N(Cc1ccc(F)cc1)C2C. The Balaban J connectivity index is 0.000000122. The molecule has 9 aromatic carbocycles. The quantitative estimate of drug-likeness (QED) is 0.0470. The van der Waals surface area contributed by atoms with Crippen molar-refractivity contribution in [1.29, 1.82) is 0 Å². The average molecular weight is 1670 g/mol. The Kier molecular flexibility index (Phi) is 21.4. The molecule has 1 aliphatic carbocycles. The smallest absolute Gasteiger partial charge is 0.262 e. The molecule has 5 aromatic heterocycles. The number of phenolic OH excluding ortho intramolecular Hbond substituents is 3. The number of pyridine rings is 4. The molecule has 0 fully saturated rings. The van der Waals surface area contributed by atoms with Crippen LogP contribution in [0.15, 0.2) is 230 Å². The molecule has 3 atom stereocenters. The summed E-state index contributed by atoms with van der Waals surface area (Å²) in [5, 5.41) is 62.9. The Labute approximate surface area is 696 Å². The number of oxime groups is 1. The minimum absolute atomic E-state index is 0.0158. The molecule has 19 rings (SSSR count). The number of aromatic hydroxyl groups is 4. The predicted octanol–water partition coefficient (Wildman–Crippen LogP) is 14.5. The Morgan fingerprint density at radius 2 is 0.967 bits per heavy atom. The first-order valence-electron chi connectivity index (χ1n) is 37.8. The van der Waals surface area contributed by atoms with Crippen molar-refractivity contribution in [3.05, 3.63) is 347 Å². The summed E-state index contributed by atoms with van der Waals surface area (Å²) in [7, 11) is 5.92. The molecule has 0 bridgehead atoms. The van der Waals surface area contributed by atoms with Gasteiger partial charge in [-0.15, -0.1) is 0 Å². The number of carbonyl (C=O) groups excluding carboxylic acids is 5. The number of hydrogen-bond donors (Lipinski definition) is 5. The third-order valence-corrected chi connectivity index (χ3v) is 22.3. The molecule has 24 nitrogen and oxygen atoms in total. The van der Waals surface area contributed by atoms with Crippen molar-refractivity contribution in [3.8, 4) is 40.4 Å². The van der Waals surface area contributed by atoms with Crippen molar-refractivity contribution < 1.29 is 90.9 Å². The molecular formula is C93H70ClF4N9O15. The van der Waals surface area contributed by atoms with Crippen LogP contribution < -0.4 is 24.8 Å². The zero-order chi connectivity index (χ0) is 85.9. The topological polar surface area (TPSA) is 311 Å². The van der Waals surface area contributed by atoms with Gasteiger partial charge in [-0.3, -0.25) is 53.7 Å². The number of hydrogen-bond acceptors (Lipinski definition) is 20. The van der Waals surface area contributed by atoms with Crippen LogP contribution >= 0.6 is 11.6 Å². The number of halogens is 5.